The summed E-state index contributed by atoms with van der Waals surface area (Å²) in [5.41, 5.74) is 2.83. The van der Waals surface area contributed by atoms with E-state index in [9.17, 15) is 4.57 Å². The van der Waals surface area contributed by atoms with Crippen molar-refractivity contribution in [1.29, 1.82) is 0 Å². The van der Waals surface area contributed by atoms with Gasteiger partial charge in [-0.25, -0.2) is 0 Å². The second kappa shape index (κ2) is 7.35. The molecular formula is C21H34NO4P. The summed E-state index contributed by atoms with van der Waals surface area (Å²) in [5, 5.41) is 4.89. The van der Waals surface area contributed by atoms with E-state index in [-0.39, 0.29) is 28.5 Å². The minimum atomic E-state index is -3.63. The molecule has 1 aromatic carbocycles. The van der Waals surface area contributed by atoms with Crippen molar-refractivity contribution in [1.82, 2.24) is 5.16 Å². The molecule has 2 rings (SSSR count). The van der Waals surface area contributed by atoms with E-state index in [2.05, 4.69) is 52.8 Å². The van der Waals surface area contributed by atoms with Gasteiger partial charge in [0.05, 0.1) is 17.6 Å². The summed E-state index contributed by atoms with van der Waals surface area (Å²) in [6.07, 6.45) is -0.538. The summed E-state index contributed by atoms with van der Waals surface area (Å²) in [7, 11) is -3.63. The Hall–Kier alpha value is -1.16. The van der Waals surface area contributed by atoms with Crippen LogP contribution < -0.4 is 5.44 Å². The quantitative estimate of drug-likeness (QED) is 0.573. The van der Waals surface area contributed by atoms with Gasteiger partial charge in [-0.15, -0.1) is 0 Å². The fourth-order valence-electron chi connectivity index (χ4n) is 2.90. The molecule has 0 saturated heterocycles. The minimum absolute atomic E-state index is 0.0788. The molecule has 27 heavy (non-hydrogen) atoms. The Balaban J connectivity index is 2.84. The fraction of sp³-hybridized carbons (Fsp3) is 0.667. The van der Waals surface area contributed by atoms with Crippen LogP contribution in [-0.4, -0.2) is 17.4 Å². The first-order chi connectivity index (χ1) is 12.1. The summed E-state index contributed by atoms with van der Waals surface area (Å²) < 4.78 is 30.9. The van der Waals surface area contributed by atoms with E-state index < -0.39 is 7.60 Å². The molecule has 0 fully saturated rings. The standard InChI is InChI=1S/C21H34NO4P/c1-13(2)25-27(23,26-14(3)4)19-16-11-15(20(5,6)7)12-17(21(8,9)10)18(16)24-22-19/h11-14H,1-10H3. The predicted molar refractivity (Wildman–Crippen MR) is 111 cm³/mol. The van der Waals surface area contributed by atoms with Gasteiger partial charge in [0.25, 0.3) is 0 Å². The van der Waals surface area contributed by atoms with Gasteiger partial charge < -0.3 is 13.6 Å². The summed E-state index contributed by atoms with van der Waals surface area (Å²) in [5.74, 6) is 0. The van der Waals surface area contributed by atoms with Crippen LogP contribution in [0, 0.1) is 0 Å². The molecule has 0 N–H and O–H groups in total. The van der Waals surface area contributed by atoms with Gasteiger partial charge in [-0.2, -0.15) is 0 Å². The van der Waals surface area contributed by atoms with Gasteiger partial charge in [-0.05, 0) is 50.2 Å². The highest BCUT2D eigenvalue weighted by Gasteiger charge is 2.38. The Morgan fingerprint density at radius 1 is 0.926 bits per heavy atom. The molecule has 0 saturated carbocycles. The van der Waals surface area contributed by atoms with Crippen LogP contribution in [0.4, 0.5) is 0 Å². The summed E-state index contributed by atoms with van der Waals surface area (Å²) in [6, 6.07) is 4.17. The highest BCUT2D eigenvalue weighted by atomic mass is 31.2. The van der Waals surface area contributed by atoms with E-state index >= 15 is 0 Å². The van der Waals surface area contributed by atoms with Gasteiger partial charge in [0.1, 0.15) is 0 Å². The van der Waals surface area contributed by atoms with Crippen molar-refractivity contribution in [3.8, 4) is 0 Å². The van der Waals surface area contributed by atoms with Crippen LogP contribution in [0.1, 0.15) is 80.4 Å². The number of nitrogens with zero attached hydrogens (tertiary/aromatic N) is 1. The molecule has 0 radical (unpaired) electrons. The lowest BCUT2D eigenvalue weighted by Gasteiger charge is -2.25. The molecular weight excluding hydrogens is 361 g/mol. The van der Waals surface area contributed by atoms with Gasteiger partial charge in [0.2, 0.25) is 5.44 Å². The third-order valence-electron chi connectivity index (χ3n) is 4.19. The molecule has 152 valence electrons. The van der Waals surface area contributed by atoms with Crippen LogP contribution in [0.2, 0.25) is 0 Å². The average Bonchev–Trinajstić information content (AvgIpc) is 2.86. The third kappa shape index (κ3) is 4.82. The lowest BCUT2D eigenvalue weighted by Crippen LogP contribution is -2.20. The SMILES string of the molecule is CC(C)OP(=O)(OC(C)C)c1noc2c(C(C)(C)C)cc(C(C)(C)C)cc12. The number of hydrogen-bond donors (Lipinski definition) is 0. The van der Waals surface area contributed by atoms with Crippen LogP contribution in [0.3, 0.4) is 0 Å². The Kier molecular flexibility index (Phi) is 6.02. The Morgan fingerprint density at radius 2 is 1.44 bits per heavy atom. The van der Waals surface area contributed by atoms with E-state index in [1.54, 1.807) is 0 Å². The van der Waals surface area contributed by atoms with Crippen molar-refractivity contribution in [3.63, 3.8) is 0 Å². The van der Waals surface area contributed by atoms with Crippen LogP contribution in [0.5, 0.6) is 0 Å². The lowest BCUT2D eigenvalue weighted by molar-refractivity contribution is 0.149. The number of rotatable bonds is 5. The van der Waals surface area contributed by atoms with Crippen LogP contribution >= 0.6 is 7.60 Å². The summed E-state index contributed by atoms with van der Waals surface area (Å²) in [6.45, 7) is 20.2. The molecule has 5 nitrogen and oxygen atoms in total. The smallest absolute Gasteiger partial charge is 0.355 e. The maximum absolute atomic E-state index is 13.7. The highest BCUT2D eigenvalue weighted by Crippen LogP contribution is 2.51. The van der Waals surface area contributed by atoms with Crippen molar-refractivity contribution in [3.05, 3.63) is 23.3 Å². The van der Waals surface area contributed by atoms with Crippen molar-refractivity contribution < 1.29 is 18.1 Å². The molecule has 0 aliphatic carbocycles. The highest BCUT2D eigenvalue weighted by molar-refractivity contribution is 7.62. The van der Waals surface area contributed by atoms with Crippen molar-refractivity contribution in [2.75, 3.05) is 0 Å². The van der Waals surface area contributed by atoms with Crippen molar-refractivity contribution in [2.24, 2.45) is 0 Å². The molecule has 0 atom stereocenters. The van der Waals surface area contributed by atoms with E-state index in [1.165, 1.54) is 0 Å². The summed E-state index contributed by atoms with van der Waals surface area (Å²) >= 11 is 0. The van der Waals surface area contributed by atoms with Gasteiger partial charge in [0.15, 0.2) is 5.58 Å². The molecule has 0 spiro atoms. The first kappa shape index (κ1) is 22.1. The predicted octanol–water partition coefficient (Wildman–Crippen LogP) is 6.09. The number of hydrogen-bond acceptors (Lipinski definition) is 5. The third-order valence-corrected chi connectivity index (χ3v) is 6.43. The lowest BCUT2D eigenvalue weighted by atomic mass is 9.80. The monoisotopic (exact) mass is 395 g/mol. The fourth-order valence-corrected chi connectivity index (χ4v) is 4.86. The van der Waals surface area contributed by atoms with E-state index in [4.69, 9.17) is 13.6 Å². The van der Waals surface area contributed by atoms with Gasteiger partial charge in [0, 0.05) is 5.56 Å². The first-order valence-electron chi connectivity index (χ1n) is 9.57. The first-order valence-corrected chi connectivity index (χ1v) is 11.1. The van der Waals surface area contributed by atoms with Crippen LogP contribution in [-0.2, 0) is 24.4 Å². The zero-order valence-electron chi connectivity index (χ0n) is 18.3. The second-order valence-corrected chi connectivity index (χ2v) is 11.6. The Morgan fingerprint density at radius 3 is 1.85 bits per heavy atom. The maximum atomic E-state index is 13.7. The second-order valence-electron chi connectivity index (χ2n) is 9.71. The molecule has 0 aliphatic heterocycles. The van der Waals surface area contributed by atoms with E-state index in [0.717, 1.165) is 11.1 Å². The van der Waals surface area contributed by atoms with Crippen molar-refractivity contribution in [2.45, 2.75) is 92.3 Å². The number of aromatic nitrogens is 1. The van der Waals surface area contributed by atoms with E-state index in [0.29, 0.717) is 11.0 Å². The largest absolute Gasteiger partial charge is 0.384 e. The van der Waals surface area contributed by atoms with Crippen LogP contribution in [0.15, 0.2) is 16.7 Å². The minimum Gasteiger partial charge on any atom is -0.355 e. The topological polar surface area (TPSA) is 61.6 Å². The zero-order valence-corrected chi connectivity index (χ0v) is 19.2. The number of benzene rings is 1. The molecule has 0 unspecified atom stereocenters. The molecule has 0 amide bonds. The van der Waals surface area contributed by atoms with Gasteiger partial charge >= 0.3 is 7.60 Å². The molecule has 6 heteroatoms. The Bertz CT molecular complexity index is 839. The maximum Gasteiger partial charge on any atom is 0.384 e. The van der Waals surface area contributed by atoms with Gasteiger partial charge in [-0.3, -0.25) is 4.57 Å². The summed E-state index contributed by atoms with van der Waals surface area (Å²) in [4.78, 5) is 0. The molecule has 2 aromatic rings. The van der Waals surface area contributed by atoms with E-state index in [1.807, 2.05) is 33.8 Å². The average molecular weight is 395 g/mol. The van der Waals surface area contributed by atoms with Gasteiger partial charge in [-0.1, -0.05) is 52.8 Å². The molecule has 1 aromatic heterocycles. The molecule has 0 bridgehead atoms. The zero-order chi connectivity index (χ0) is 20.8. The molecule has 0 aliphatic rings. The normalized spacial score (nSPS) is 13.9. The van der Waals surface area contributed by atoms with Crippen LogP contribution in [0.25, 0.3) is 11.0 Å². The Labute approximate surface area is 163 Å². The van der Waals surface area contributed by atoms with Crippen molar-refractivity contribution >= 4 is 24.0 Å². The molecule has 1 heterocycles. The number of fused-ring (bicyclic) bond motifs is 1.